The molecular formula is C29H25N3O3. The summed E-state index contributed by atoms with van der Waals surface area (Å²) in [5.74, 6) is -0.797. The standard InChI is InChI=1S/C29H25N3O3/c1-29(2,20-9-4-3-5-10-20)28(35)30-21-13-15-22(16-14-21)32-24-17-12-19-8-6-7-11-23(19)27(24)31-25(33)18-26(32)34/h3-17H,18H2,1-2H3,(H,30,35)(H,31,33). The molecule has 0 saturated heterocycles. The number of benzene rings is 4. The van der Waals surface area contributed by atoms with E-state index in [1.807, 2.05) is 80.6 Å². The number of anilines is 4. The zero-order valence-electron chi connectivity index (χ0n) is 19.5. The molecule has 35 heavy (non-hydrogen) atoms. The van der Waals surface area contributed by atoms with Gasteiger partial charge in [-0.15, -0.1) is 0 Å². The van der Waals surface area contributed by atoms with Crippen molar-refractivity contribution >= 4 is 51.2 Å². The van der Waals surface area contributed by atoms with Crippen molar-refractivity contribution in [3.8, 4) is 0 Å². The van der Waals surface area contributed by atoms with Crippen LogP contribution in [0.1, 0.15) is 25.8 Å². The van der Waals surface area contributed by atoms with E-state index in [9.17, 15) is 14.4 Å². The molecule has 1 aliphatic rings. The van der Waals surface area contributed by atoms with Gasteiger partial charge in [-0.3, -0.25) is 19.3 Å². The quantitative estimate of drug-likeness (QED) is 0.378. The number of carbonyl (C=O) groups is 3. The van der Waals surface area contributed by atoms with Gasteiger partial charge in [0.2, 0.25) is 17.7 Å². The van der Waals surface area contributed by atoms with E-state index in [4.69, 9.17) is 0 Å². The van der Waals surface area contributed by atoms with Gasteiger partial charge in [0, 0.05) is 16.8 Å². The monoisotopic (exact) mass is 463 g/mol. The van der Waals surface area contributed by atoms with Crippen molar-refractivity contribution < 1.29 is 14.4 Å². The molecule has 3 amide bonds. The molecule has 0 fully saturated rings. The predicted molar refractivity (Wildman–Crippen MR) is 139 cm³/mol. The fourth-order valence-corrected chi connectivity index (χ4v) is 4.36. The molecular weight excluding hydrogens is 438 g/mol. The van der Waals surface area contributed by atoms with Crippen LogP contribution in [-0.4, -0.2) is 17.7 Å². The fraction of sp³-hybridized carbons (Fsp3) is 0.138. The maximum absolute atomic E-state index is 13.1. The normalized spacial score (nSPS) is 13.7. The maximum Gasteiger partial charge on any atom is 0.241 e. The topological polar surface area (TPSA) is 78.5 Å². The first kappa shape index (κ1) is 22.3. The van der Waals surface area contributed by atoms with E-state index in [-0.39, 0.29) is 24.1 Å². The number of fused-ring (bicyclic) bond motifs is 3. The average molecular weight is 464 g/mol. The summed E-state index contributed by atoms with van der Waals surface area (Å²) >= 11 is 0. The summed E-state index contributed by atoms with van der Waals surface area (Å²) in [4.78, 5) is 40.1. The molecule has 0 bridgehead atoms. The van der Waals surface area contributed by atoms with E-state index in [0.29, 0.717) is 22.7 Å². The summed E-state index contributed by atoms with van der Waals surface area (Å²) in [5, 5.41) is 7.72. The summed E-state index contributed by atoms with van der Waals surface area (Å²) in [7, 11) is 0. The average Bonchev–Trinajstić information content (AvgIpc) is 2.99. The summed E-state index contributed by atoms with van der Waals surface area (Å²) in [6.45, 7) is 3.76. The predicted octanol–water partition coefficient (Wildman–Crippen LogP) is 5.76. The highest BCUT2D eigenvalue weighted by atomic mass is 16.2. The Balaban J connectivity index is 1.46. The zero-order chi connectivity index (χ0) is 24.6. The molecule has 2 N–H and O–H groups in total. The number of hydrogen-bond acceptors (Lipinski definition) is 3. The number of rotatable bonds is 4. The van der Waals surface area contributed by atoms with Crippen LogP contribution in [-0.2, 0) is 19.8 Å². The lowest BCUT2D eigenvalue weighted by molar-refractivity contribution is -0.124. The Bertz CT molecular complexity index is 1440. The fourth-order valence-electron chi connectivity index (χ4n) is 4.36. The first-order valence-electron chi connectivity index (χ1n) is 11.5. The highest BCUT2D eigenvalue weighted by Gasteiger charge is 2.31. The molecule has 0 unspecified atom stereocenters. The Labute approximate surface area is 203 Å². The van der Waals surface area contributed by atoms with E-state index in [1.54, 1.807) is 29.2 Å². The largest absolute Gasteiger partial charge is 0.325 e. The number of amides is 3. The number of hydrogen-bond donors (Lipinski definition) is 2. The third-order valence-corrected chi connectivity index (χ3v) is 6.42. The second-order valence-electron chi connectivity index (χ2n) is 9.13. The summed E-state index contributed by atoms with van der Waals surface area (Å²) in [6.07, 6.45) is -0.257. The molecule has 6 heteroatoms. The Morgan fingerprint density at radius 3 is 2.29 bits per heavy atom. The molecule has 0 saturated carbocycles. The first-order chi connectivity index (χ1) is 16.8. The second kappa shape index (κ2) is 8.72. The van der Waals surface area contributed by atoms with Crippen LogP contribution in [0.4, 0.5) is 22.7 Å². The number of nitrogens with zero attached hydrogens (tertiary/aromatic N) is 1. The van der Waals surface area contributed by atoms with Gasteiger partial charge in [0.1, 0.15) is 6.42 Å². The van der Waals surface area contributed by atoms with Crippen LogP contribution in [0.2, 0.25) is 0 Å². The van der Waals surface area contributed by atoms with Crippen LogP contribution in [0.15, 0.2) is 91.0 Å². The molecule has 174 valence electrons. The third kappa shape index (κ3) is 4.15. The van der Waals surface area contributed by atoms with Gasteiger partial charge in [0.25, 0.3) is 0 Å². The van der Waals surface area contributed by atoms with Crippen LogP contribution in [0.3, 0.4) is 0 Å². The summed E-state index contributed by atoms with van der Waals surface area (Å²) in [5.41, 5.74) is 2.67. The lowest BCUT2D eigenvalue weighted by Crippen LogP contribution is -2.34. The summed E-state index contributed by atoms with van der Waals surface area (Å²) < 4.78 is 0. The molecule has 0 radical (unpaired) electrons. The second-order valence-corrected chi connectivity index (χ2v) is 9.13. The van der Waals surface area contributed by atoms with E-state index in [0.717, 1.165) is 16.3 Å². The SMILES string of the molecule is CC(C)(C(=O)Nc1ccc(N2C(=O)CC(=O)Nc3c2ccc2ccccc32)cc1)c1ccccc1. The molecule has 1 heterocycles. The molecule has 0 aromatic heterocycles. The molecule has 6 nitrogen and oxygen atoms in total. The Morgan fingerprint density at radius 1 is 0.857 bits per heavy atom. The van der Waals surface area contributed by atoms with Crippen LogP contribution in [0.25, 0.3) is 10.8 Å². The van der Waals surface area contributed by atoms with Crippen molar-refractivity contribution in [2.24, 2.45) is 0 Å². The summed E-state index contributed by atoms with van der Waals surface area (Å²) in [6, 6.07) is 28.2. The van der Waals surface area contributed by atoms with Gasteiger partial charge in [-0.05, 0) is 55.1 Å². The minimum absolute atomic E-state index is 0.131. The van der Waals surface area contributed by atoms with Crippen molar-refractivity contribution in [2.45, 2.75) is 25.7 Å². The Kier molecular flexibility index (Phi) is 5.57. The van der Waals surface area contributed by atoms with E-state index < -0.39 is 5.41 Å². The first-order valence-corrected chi connectivity index (χ1v) is 11.5. The molecule has 4 aromatic rings. The van der Waals surface area contributed by atoms with Gasteiger partial charge in [0.15, 0.2) is 0 Å². The van der Waals surface area contributed by atoms with Crippen LogP contribution in [0, 0.1) is 0 Å². The van der Waals surface area contributed by atoms with Crippen molar-refractivity contribution in [1.29, 1.82) is 0 Å². The molecule has 4 aromatic carbocycles. The minimum Gasteiger partial charge on any atom is -0.325 e. The van der Waals surface area contributed by atoms with Crippen molar-refractivity contribution in [1.82, 2.24) is 0 Å². The van der Waals surface area contributed by atoms with Crippen LogP contribution < -0.4 is 15.5 Å². The van der Waals surface area contributed by atoms with Gasteiger partial charge < -0.3 is 10.6 Å². The molecule has 0 aliphatic carbocycles. The van der Waals surface area contributed by atoms with Crippen molar-refractivity contribution in [3.63, 3.8) is 0 Å². The molecule has 1 aliphatic heterocycles. The smallest absolute Gasteiger partial charge is 0.241 e. The Morgan fingerprint density at radius 2 is 1.54 bits per heavy atom. The van der Waals surface area contributed by atoms with Gasteiger partial charge in [0.05, 0.1) is 16.8 Å². The van der Waals surface area contributed by atoms with E-state index in [2.05, 4.69) is 10.6 Å². The lowest BCUT2D eigenvalue weighted by Gasteiger charge is -2.25. The molecule has 5 rings (SSSR count). The third-order valence-electron chi connectivity index (χ3n) is 6.42. The van der Waals surface area contributed by atoms with Crippen LogP contribution in [0.5, 0.6) is 0 Å². The molecule has 0 atom stereocenters. The van der Waals surface area contributed by atoms with Crippen molar-refractivity contribution in [3.05, 3.63) is 96.6 Å². The molecule has 0 spiro atoms. The highest BCUT2D eigenvalue weighted by Crippen LogP contribution is 2.40. The number of carbonyl (C=O) groups excluding carboxylic acids is 3. The zero-order valence-corrected chi connectivity index (χ0v) is 19.5. The lowest BCUT2D eigenvalue weighted by atomic mass is 9.83. The van der Waals surface area contributed by atoms with E-state index in [1.165, 1.54) is 0 Å². The van der Waals surface area contributed by atoms with Gasteiger partial charge >= 0.3 is 0 Å². The van der Waals surface area contributed by atoms with E-state index >= 15 is 0 Å². The highest BCUT2D eigenvalue weighted by molar-refractivity contribution is 6.21. The van der Waals surface area contributed by atoms with Crippen LogP contribution >= 0.6 is 0 Å². The van der Waals surface area contributed by atoms with Gasteiger partial charge in [-0.1, -0.05) is 60.7 Å². The minimum atomic E-state index is -0.716. The van der Waals surface area contributed by atoms with Crippen molar-refractivity contribution in [2.75, 3.05) is 15.5 Å². The Hall–Kier alpha value is -4.45. The van der Waals surface area contributed by atoms with Gasteiger partial charge in [-0.25, -0.2) is 0 Å². The number of nitrogens with one attached hydrogen (secondary N) is 2. The van der Waals surface area contributed by atoms with Gasteiger partial charge in [-0.2, -0.15) is 0 Å². The maximum atomic E-state index is 13.1.